The normalized spacial score (nSPS) is 17.1. The number of fused-ring (bicyclic) bond motifs is 2. The van der Waals surface area contributed by atoms with Gasteiger partial charge in [0.15, 0.2) is 5.65 Å². The van der Waals surface area contributed by atoms with E-state index in [1.807, 2.05) is 24.2 Å². The van der Waals surface area contributed by atoms with E-state index >= 15 is 0 Å². The molecule has 1 aliphatic heterocycles. The first-order valence-corrected chi connectivity index (χ1v) is 13.9. The maximum Gasteiger partial charge on any atom is 0.211 e. The van der Waals surface area contributed by atoms with Gasteiger partial charge < -0.3 is 4.90 Å². The molecular formula is C28H30N4S2. The molecule has 1 fully saturated rings. The van der Waals surface area contributed by atoms with Crippen LogP contribution in [0.3, 0.4) is 0 Å². The molecule has 174 valence electrons. The molecule has 2 aromatic heterocycles. The molecule has 3 heterocycles. The first-order valence-electron chi connectivity index (χ1n) is 12.2. The summed E-state index contributed by atoms with van der Waals surface area (Å²) in [5.41, 5.74) is 4.54. The quantitative estimate of drug-likeness (QED) is 0.291. The van der Waals surface area contributed by atoms with Crippen LogP contribution >= 0.6 is 23.5 Å². The lowest BCUT2D eigenvalue weighted by Crippen LogP contribution is -2.41. The zero-order valence-corrected chi connectivity index (χ0v) is 21.4. The molecule has 4 aromatic rings. The number of benzene rings is 2. The Balaban J connectivity index is 1.23. The van der Waals surface area contributed by atoms with Crippen molar-refractivity contribution in [1.82, 2.24) is 14.4 Å². The van der Waals surface area contributed by atoms with Crippen LogP contribution in [-0.2, 0) is 12.8 Å². The molecule has 1 saturated heterocycles. The second kappa shape index (κ2) is 8.97. The molecule has 0 amide bonds. The maximum absolute atomic E-state index is 4.97. The summed E-state index contributed by atoms with van der Waals surface area (Å²) in [5, 5.41) is 0.545. The Labute approximate surface area is 210 Å². The van der Waals surface area contributed by atoms with Crippen molar-refractivity contribution in [2.24, 2.45) is 5.41 Å². The highest BCUT2D eigenvalue weighted by Gasteiger charge is 2.40. The zero-order valence-electron chi connectivity index (χ0n) is 19.8. The van der Waals surface area contributed by atoms with Crippen LogP contribution in [-0.4, -0.2) is 32.7 Å². The number of piperidine rings is 1. The van der Waals surface area contributed by atoms with E-state index in [1.165, 1.54) is 35.5 Å². The lowest BCUT2D eigenvalue weighted by Gasteiger charge is -2.40. The van der Waals surface area contributed by atoms with E-state index in [0.717, 1.165) is 29.6 Å². The summed E-state index contributed by atoms with van der Waals surface area (Å²) in [4.78, 5) is 15.8. The number of thioether (sulfide) groups is 1. The van der Waals surface area contributed by atoms with E-state index in [2.05, 4.69) is 77.9 Å². The highest BCUT2D eigenvalue weighted by molar-refractivity contribution is 8.02. The van der Waals surface area contributed by atoms with Gasteiger partial charge in [-0.25, -0.2) is 9.97 Å². The molecule has 2 aromatic carbocycles. The second-order valence-corrected chi connectivity index (χ2v) is 12.6. The number of hydrogen-bond acceptors (Lipinski definition) is 5. The summed E-state index contributed by atoms with van der Waals surface area (Å²) in [5.74, 6) is 1.02. The Morgan fingerprint density at radius 1 is 0.853 bits per heavy atom. The molecule has 0 unspecified atom stereocenters. The molecule has 34 heavy (non-hydrogen) atoms. The molecule has 0 radical (unpaired) electrons. The maximum atomic E-state index is 4.97. The Morgan fingerprint density at radius 2 is 1.53 bits per heavy atom. The fraction of sp³-hybridized carbons (Fsp3) is 0.357. The van der Waals surface area contributed by atoms with Gasteiger partial charge in [0.2, 0.25) is 5.95 Å². The Morgan fingerprint density at radius 3 is 2.24 bits per heavy atom. The van der Waals surface area contributed by atoms with E-state index in [-0.39, 0.29) is 0 Å². The summed E-state index contributed by atoms with van der Waals surface area (Å²) >= 11 is 3.67. The first kappa shape index (κ1) is 22.1. The van der Waals surface area contributed by atoms with E-state index in [9.17, 15) is 0 Å². The topological polar surface area (TPSA) is 33.4 Å². The molecule has 6 rings (SSSR count). The van der Waals surface area contributed by atoms with E-state index in [0.29, 0.717) is 10.7 Å². The lowest BCUT2D eigenvalue weighted by molar-refractivity contribution is 0.231. The van der Waals surface area contributed by atoms with Gasteiger partial charge in [-0.15, -0.1) is 11.8 Å². The monoisotopic (exact) mass is 486 g/mol. The molecule has 0 saturated carbocycles. The summed E-state index contributed by atoms with van der Waals surface area (Å²) < 4.78 is 2.18. The largest absolute Gasteiger partial charge is 0.342 e. The van der Waals surface area contributed by atoms with Crippen molar-refractivity contribution in [1.29, 1.82) is 0 Å². The van der Waals surface area contributed by atoms with Crippen molar-refractivity contribution < 1.29 is 0 Å². The lowest BCUT2D eigenvalue weighted by atomic mass is 9.76. The van der Waals surface area contributed by atoms with Gasteiger partial charge in [0.1, 0.15) is 0 Å². The van der Waals surface area contributed by atoms with Crippen LogP contribution in [0.15, 0.2) is 81.8 Å². The minimum atomic E-state index is 0.432. The smallest absolute Gasteiger partial charge is 0.211 e. The van der Waals surface area contributed by atoms with Crippen molar-refractivity contribution in [3.8, 4) is 0 Å². The first-order chi connectivity index (χ1) is 16.6. The predicted molar refractivity (Wildman–Crippen MR) is 142 cm³/mol. The standard InChI is InChI=1S/C28H30N4S2/c1-20(2)33-23-9-5-6-10-24(23)34-25-19-30-27(32-16-13-29-26(25)32)31-14-11-28(12-15-31)17-21-7-3-4-8-22(21)18-28/h3-10,13,16,19-20H,11-12,14-15,17-18H2,1-2H3. The molecule has 1 spiro atoms. The molecule has 2 aliphatic rings. The summed E-state index contributed by atoms with van der Waals surface area (Å²) in [7, 11) is 0. The Bertz CT molecular complexity index is 1290. The van der Waals surface area contributed by atoms with Crippen LogP contribution in [0, 0.1) is 5.41 Å². The van der Waals surface area contributed by atoms with Gasteiger partial charge in [0, 0.05) is 46.7 Å². The number of hydrogen-bond donors (Lipinski definition) is 0. The van der Waals surface area contributed by atoms with Gasteiger partial charge in [-0.05, 0) is 54.4 Å². The molecule has 0 N–H and O–H groups in total. The molecular weight excluding hydrogens is 456 g/mol. The third-order valence-corrected chi connectivity index (χ3v) is 9.46. The van der Waals surface area contributed by atoms with Gasteiger partial charge in [-0.2, -0.15) is 0 Å². The fourth-order valence-corrected chi connectivity index (χ4v) is 7.52. The van der Waals surface area contributed by atoms with E-state index in [1.54, 1.807) is 22.9 Å². The Kier molecular flexibility index (Phi) is 5.82. The number of rotatable bonds is 5. The molecule has 1 aliphatic carbocycles. The van der Waals surface area contributed by atoms with Crippen LogP contribution in [0.2, 0.25) is 0 Å². The van der Waals surface area contributed by atoms with Gasteiger partial charge >= 0.3 is 0 Å². The predicted octanol–water partition coefficient (Wildman–Crippen LogP) is 6.77. The average molecular weight is 487 g/mol. The zero-order chi connectivity index (χ0) is 23.1. The molecule has 0 bridgehead atoms. The van der Waals surface area contributed by atoms with Crippen LogP contribution < -0.4 is 4.90 Å². The summed E-state index contributed by atoms with van der Waals surface area (Å²) in [6.45, 7) is 6.58. The average Bonchev–Trinajstić information content (AvgIpc) is 3.46. The van der Waals surface area contributed by atoms with E-state index in [4.69, 9.17) is 9.97 Å². The number of imidazole rings is 1. The van der Waals surface area contributed by atoms with Gasteiger partial charge in [0.25, 0.3) is 0 Å². The van der Waals surface area contributed by atoms with Gasteiger partial charge in [0.05, 0.1) is 4.90 Å². The Hall–Kier alpha value is -2.44. The number of aromatic nitrogens is 3. The van der Waals surface area contributed by atoms with Crippen LogP contribution in [0.5, 0.6) is 0 Å². The summed E-state index contributed by atoms with van der Waals surface area (Å²) in [6.07, 6.45) is 10.9. The molecule has 4 nitrogen and oxygen atoms in total. The number of nitrogens with zero attached hydrogens (tertiary/aromatic N) is 4. The van der Waals surface area contributed by atoms with Crippen molar-refractivity contribution in [2.45, 2.75) is 59.5 Å². The SMILES string of the molecule is CC(C)Sc1ccccc1Sc1cnc(N2CCC3(CC2)Cc2ccccc2C3)n2ccnc12. The highest BCUT2D eigenvalue weighted by Crippen LogP contribution is 2.45. The van der Waals surface area contributed by atoms with Crippen LogP contribution in [0.1, 0.15) is 37.8 Å². The van der Waals surface area contributed by atoms with Crippen molar-refractivity contribution in [2.75, 3.05) is 18.0 Å². The van der Waals surface area contributed by atoms with Gasteiger partial charge in [-0.3, -0.25) is 4.40 Å². The van der Waals surface area contributed by atoms with Crippen LogP contribution in [0.4, 0.5) is 5.95 Å². The number of anilines is 1. The minimum Gasteiger partial charge on any atom is -0.342 e. The highest BCUT2D eigenvalue weighted by atomic mass is 32.2. The second-order valence-electron chi connectivity index (χ2n) is 9.87. The van der Waals surface area contributed by atoms with Crippen molar-refractivity contribution >= 4 is 35.1 Å². The molecule has 0 atom stereocenters. The van der Waals surface area contributed by atoms with Crippen LogP contribution in [0.25, 0.3) is 5.65 Å². The molecule has 6 heteroatoms. The third-order valence-electron chi connectivity index (χ3n) is 7.16. The minimum absolute atomic E-state index is 0.432. The summed E-state index contributed by atoms with van der Waals surface area (Å²) in [6, 6.07) is 17.7. The van der Waals surface area contributed by atoms with Crippen molar-refractivity contribution in [3.63, 3.8) is 0 Å². The fourth-order valence-electron chi connectivity index (χ4n) is 5.50. The third kappa shape index (κ3) is 4.11. The van der Waals surface area contributed by atoms with Gasteiger partial charge in [-0.1, -0.05) is 62.0 Å². The van der Waals surface area contributed by atoms with E-state index < -0.39 is 0 Å². The van der Waals surface area contributed by atoms with Crippen molar-refractivity contribution in [3.05, 3.63) is 78.2 Å².